The van der Waals surface area contributed by atoms with Crippen molar-refractivity contribution in [3.8, 4) is 0 Å². The first kappa shape index (κ1) is 24.6. The molecule has 0 aromatic rings. The van der Waals surface area contributed by atoms with Gasteiger partial charge in [0.1, 0.15) is 35.1 Å². The molecule has 1 saturated carbocycles. The van der Waals surface area contributed by atoms with Crippen molar-refractivity contribution in [1.82, 2.24) is 0 Å². The number of Topliss-reactive ketones (excluding diaryl/α,β-unsaturated/α-hetero) is 2. The fourth-order valence-electron chi connectivity index (χ4n) is 10.2. The molecule has 7 fully saturated rings. The summed E-state index contributed by atoms with van der Waals surface area (Å²) in [6, 6.07) is 0. The molecule has 0 aromatic carbocycles. The summed E-state index contributed by atoms with van der Waals surface area (Å²) in [5, 5.41) is 11.7. The van der Waals surface area contributed by atoms with E-state index < -0.39 is 81.4 Å². The second-order valence-corrected chi connectivity index (χ2v) is 14.2. The van der Waals surface area contributed by atoms with Crippen LogP contribution in [-0.4, -0.2) is 75.1 Å². The third-order valence-electron chi connectivity index (χ3n) is 11.8. The molecular formula is C29H34O10. The first-order chi connectivity index (χ1) is 18.1. The van der Waals surface area contributed by atoms with E-state index in [1.807, 2.05) is 19.9 Å². The zero-order valence-corrected chi connectivity index (χ0v) is 22.8. The molecule has 6 heterocycles. The number of esters is 2. The normalized spacial score (nSPS) is 57.9. The van der Waals surface area contributed by atoms with E-state index in [0.717, 1.165) is 0 Å². The van der Waals surface area contributed by atoms with E-state index in [4.69, 9.17) is 23.7 Å². The summed E-state index contributed by atoms with van der Waals surface area (Å²) in [6.45, 7) is 8.88. The first-order valence-electron chi connectivity index (χ1n) is 14.1. The molecule has 6 aliphatic heterocycles. The quantitative estimate of drug-likeness (QED) is 0.449. The van der Waals surface area contributed by atoms with Crippen molar-refractivity contribution in [2.45, 2.75) is 113 Å². The van der Waals surface area contributed by atoms with Crippen LogP contribution in [0.1, 0.15) is 66.7 Å². The van der Waals surface area contributed by atoms with Gasteiger partial charge in [0, 0.05) is 35.2 Å². The van der Waals surface area contributed by atoms with Crippen molar-refractivity contribution in [1.29, 1.82) is 0 Å². The molecule has 0 amide bonds. The average molecular weight is 543 g/mol. The number of hydrogen-bond acceptors (Lipinski definition) is 10. The van der Waals surface area contributed by atoms with Crippen LogP contribution in [0, 0.1) is 29.1 Å². The number of rotatable bonds is 0. The lowest BCUT2D eigenvalue weighted by Gasteiger charge is -2.50. The van der Waals surface area contributed by atoms with E-state index in [1.165, 1.54) is 6.92 Å². The monoisotopic (exact) mass is 542 g/mol. The number of fused-ring (bicyclic) bond motifs is 2. The van der Waals surface area contributed by atoms with Crippen LogP contribution < -0.4 is 0 Å². The van der Waals surface area contributed by atoms with Crippen LogP contribution in [0.5, 0.6) is 0 Å². The smallest absolute Gasteiger partial charge is 0.311 e. The average Bonchev–Trinajstić information content (AvgIpc) is 3.41. The molecule has 2 bridgehead atoms. The number of hydrogen-bond donors (Lipinski definition) is 1. The predicted molar refractivity (Wildman–Crippen MR) is 129 cm³/mol. The van der Waals surface area contributed by atoms with Crippen LogP contribution in [0.4, 0.5) is 0 Å². The van der Waals surface area contributed by atoms with Crippen LogP contribution in [-0.2, 0) is 42.9 Å². The SMILES string of the molecule is C[C@@H]1C(=O)O[C@H]2[C@@H]1O[C@]13O[C@@]4(CC[C@]5(C)C(=O)[C@](C)(O)[C@H]2[C@H]15)C[C@]12OC(=O)CC1OC(C)(C)[C@@H]2CC=C4C3=O. The molecule has 0 radical (unpaired) electrons. The molecule has 210 valence electrons. The van der Waals surface area contributed by atoms with Crippen LogP contribution in [0.15, 0.2) is 11.6 Å². The Hall–Kier alpha value is -2.14. The molecule has 8 aliphatic rings. The lowest BCUT2D eigenvalue weighted by Crippen LogP contribution is -2.64. The fraction of sp³-hybridized carbons (Fsp3) is 0.793. The Morgan fingerprint density at radius 1 is 1.00 bits per heavy atom. The molecule has 8 rings (SSSR count). The summed E-state index contributed by atoms with van der Waals surface area (Å²) < 4.78 is 31.8. The van der Waals surface area contributed by atoms with Gasteiger partial charge in [0.2, 0.25) is 11.6 Å². The van der Waals surface area contributed by atoms with E-state index in [1.54, 1.807) is 13.8 Å². The maximum absolute atomic E-state index is 14.7. The van der Waals surface area contributed by atoms with E-state index in [-0.39, 0.29) is 30.5 Å². The highest BCUT2D eigenvalue weighted by molar-refractivity contribution is 6.08. The second kappa shape index (κ2) is 6.66. The van der Waals surface area contributed by atoms with E-state index in [2.05, 4.69) is 0 Å². The summed E-state index contributed by atoms with van der Waals surface area (Å²) in [7, 11) is 0. The highest BCUT2D eigenvalue weighted by Gasteiger charge is 2.84. The fourth-order valence-corrected chi connectivity index (χ4v) is 10.2. The number of aliphatic hydroxyl groups is 1. The molecule has 2 aliphatic carbocycles. The van der Waals surface area contributed by atoms with Gasteiger partial charge in [-0.05, 0) is 47.0 Å². The number of carbonyl (C=O) groups excluding carboxylic acids is 4. The molecule has 10 heteroatoms. The Morgan fingerprint density at radius 2 is 1.74 bits per heavy atom. The molecule has 10 nitrogen and oxygen atoms in total. The summed E-state index contributed by atoms with van der Waals surface area (Å²) >= 11 is 0. The Labute approximate surface area is 225 Å². The van der Waals surface area contributed by atoms with Gasteiger partial charge in [0.05, 0.1) is 17.9 Å². The minimum atomic E-state index is -1.88. The Bertz CT molecular complexity index is 1310. The zero-order chi connectivity index (χ0) is 27.7. The minimum absolute atomic E-state index is 0.130. The van der Waals surface area contributed by atoms with Crippen molar-refractivity contribution in [3.05, 3.63) is 11.6 Å². The van der Waals surface area contributed by atoms with Crippen LogP contribution >= 0.6 is 0 Å². The van der Waals surface area contributed by atoms with Gasteiger partial charge in [-0.2, -0.15) is 0 Å². The lowest BCUT2D eigenvalue weighted by atomic mass is 9.62. The molecule has 6 saturated heterocycles. The van der Waals surface area contributed by atoms with Gasteiger partial charge in [-0.25, -0.2) is 0 Å². The maximum Gasteiger partial charge on any atom is 0.311 e. The Kier molecular flexibility index (Phi) is 4.21. The third kappa shape index (κ3) is 2.48. The molecular weight excluding hydrogens is 508 g/mol. The number of ketones is 2. The van der Waals surface area contributed by atoms with Crippen molar-refractivity contribution < 1.29 is 48.0 Å². The van der Waals surface area contributed by atoms with Crippen molar-refractivity contribution in [3.63, 3.8) is 0 Å². The highest BCUT2D eigenvalue weighted by atomic mass is 16.7. The molecule has 1 unspecified atom stereocenters. The van der Waals surface area contributed by atoms with Gasteiger partial charge in [-0.3, -0.25) is 19.2 Å². The summed E-state index contributed by atoms with van der Waals surface area (Å²) in [5.41, 5.74) is -5.28. The Morgan fingerprint density at radius 3 is 2.49 bits per heavy atom. The number of carbonyl (C=O) groups is 4. The van der Waals surface area contributed by atoms with E-state index in [0.29, 0.717) is 24.8 Å². The molecule has 1 N–H and O–H groups in total. The van der Waals surface area contributed by atoms with Gasteiger partial charge in [-0.15, -0.1) is 0 Å². The molecule has 39 heavy (non-hydrogen) atoms. The maximum atomic E-state index is 14.7. The second-order valence-electron chi connectivity index (χ2n) is 14.2. The van der Waals surface area contributed by atoms with Crippen LogP contribution in [0.2, 0.25) is 0 Å². The summed E-state index contributed by atoms with van der Waals surface area (Å²) in [5.74, 6) is -6.09. The minimum Gasteiger partial charge on any atom is -0.459 e. The topological polar surface area (TPSA) is 135 Å². The lowest BCUT2D eigenvalue weighted by molar-refractivity contribution is -0.334. The van der Waals surface area contributed by atoms with Gasteiger partial charge < -0.3 is 28.8 Å². The molecule has 3 spiro atoms. The zero-order valence-electron chi connectivity index (χ0n) is 22.8. The summed E-state index contributed by atoms with van der Waals surface area (Å²) in [4.78, 5) is 54.1. The number of allylic oxidation sites excluding steroid dienone is 1. The van der Waals surface area contributed by atoms with E-state index >= 15 is 0 Å². The predicted octanol–water partition coefficient (Wildman–Crippen LogP) is 1.55. The van der Waals surface area contributed by atoms with Crippen LogP contribution in [0.25, 0.3) is 0 Å². The highest BCUT2D eigenvalue weighted by Crippen LogP contribution is 2.71. The van der Waals surface area contributed by atoms with Gasteiger partial charge >= 0.3 is 11.9 Å². The standard InChI is InChI=1S/C29H34O10/c1-12-18-19(35-22(12)32)17-20-25(4,23(33)26(17,5)34)8-9-27-11-28-14(24(2,3)36-15(28)10-16(30)37-28)7-6-13(27)21(31)29(20,38-18)39-27/h6,12,14-15,17-20,34H,7-11H2,1-5H3/t12-,14-,15?,17+,18+,19+,20-,25-,26+,27-,28+,29-/m0/s1. The Balaban J connectivity index is 1.33. The van der Waals surface area contributed by atoms with Gasteiger partial charge in [-0.1, -0.05) is 13.0 Å². The van der Waals surface area contributed by atoms with Crippen molar-refractivity contribution >= 4 is 23.5 Å². The third-order valence-corrected chi connectivity index (χ3v) is 11.8. The van der Waals surface area contributed by atoms with Crippen LogP contribution in [0.3, 0.4) is 0 Å². The van der Waals surface area contributed by atoms with Gasteiger partial charge in [0.15, 0.2) is 5.78 Å². The first-order valence-corrected chi connectivity index (χ1v) is 14.1. The van der Waals surface area contributed by atoms with Crippen molar-refractivity contribution in [2.24, 2.45) is 29.1 Å². The molecule has 12 atom stereocenters. The summed E-state index contributed by atoms with van der Waals surface area (Å²) in [6.07, 6.45) is 1.11. The molecule has 0 aromatic heterocycles. The van der Waals surface area contributed by atoms with E-state index in [9.17, 15) is 24.3 Å². The largest absolute Gasteiger partial charge is 0.459 e. The van der Waals surface area contributed by atoms with Crippen molar-refractivity contribution in [2.75, 3.05) is 0 Å². The number of ether oxygens (including phenoxy) is 5. The van der Waals surface area contributed by atoms with Gasteiger partial charge in [0.25, 0.3) is 0 Å².